The van der Waals surface area contributed by atoms with Gasteiger partial charge in [-0.25, -0.2) is 0 Å². The molecule has 0 aliphatic heterocycles. The monoisotopic (exact) mass is 466 g/mol. The summed E-state index contributed by atoms with van der Waals surface area (Å²) in [5, 5.41) is 25.2. The molecule has 0 saturated heterocycles. The molecule has 0 radical (unpaired) electrons. The van der Waals surface area contributed by atoms with E-state index >= 15 is 0 Å². The van der Waals surface area contributed by atoms with Gasteiger partial charge in [-0.3, -0.25) is 0 Å². The van der Waals surface area contributed by atoms with Gasteiger partial charge in [0.1, 0.15) is 0 Å². The topological polar surface area (TPSA) is 71.8 Å². The Morgan fingerprint density at radius 2 is 1.03 bits per heavy atom. The summed E-state index contributed by atoms with van der Waals surface area (Å²) < 4.78 is 0. The molecule has 0 atom stereocenters. The number of amidine groups is 1. The van der Waals surface area contributed by atoms with E-state index in [1.807, 2.05) is 0 Å². The molecule has 0 amide bonds. The number of nitrogens with one attached hydrogen (secondary N) is 4. The van der Waals surface area contributed by atoms with E-state index in [0.29, 0.717) is 6.54 Å². The summed E-state index contributed by atoms with van der Waals surface area (Å²) in [5.41, 5.74) is 2.40. The van der Waals surface area contributed by atoms with Crippen LogP contribution < -0.4 is 26.5 Å². The van der Waals surface area contributed by atoms with Gasteiger partial charge in [0.15, 0.2) is 0 Å². The molecule has 5 heteroatoms. The van der Waals surface area contributed by atoms with Crippen molar-refractivity contribution in [2.75, 3.05) is 0 Å². The summed E-state index contributed by atoms with van der Waals surface area (Å²) in [6, 6.07) is 41.6. The molecular formula is C29H31N4P. The molecule has 4 rings (SSSR count). The quantitative estimate of drug-likeness (QED) is 0.184. The van der Waals surface area contributed by atoms with Crippen LogP contribution in [0.15, 0.2) is 115 Å². The first kappa shape index (κ1) is 23.4. The fraction of sp³-hybridized carbons (Fsp3) is 0.103. The van der Waals surface area contributed by atoms with E-state index in [2.05, 4.69) is 126 Å². The van der Waals surface area contributed by atoms with Crippen molar-refractivity contribution in [3.05, 3.63) is 126 Å². The molecule has 0 spiro atoms. The third kappa shape index (κ3) is 5.41. The molecule has 34 heavy (non-hydrogen) atoms. The van der Waals surface area contributed by atoms with Crippen LogP contribution in [0, 0.1) is 10.8 Å². The summed E-state index contributed by atoms with van der Waals surface area (Å²) >= 11 is 0. The second-order valence-corrected chi connectivity index (χ2v) is 12.4. The van der Waals surface area contributed by atoms with Gasteiger partial charge in [0.05, 0.1) is 0 Å². The predicted octanol–water partition coefficient (Wildman–Crippen LogP) is 4.52. The summed E-state index contributed by atoms with van der Waals surface area (Å²) in [6.07, 6.45) is 0.961. The Labute approximate surface area is 202 Å². The van der Waals surface area contributed by atoms with Gasteiger partial charge in [0, 0.05) is 0 Å². The molecule has 0 unspecified atom stereocenters. The average molecular weight is 467 g/mol. The normalized spacial score (nSPS) is 11.4. The van der Waals surface area contributed by atoms with Crippen molar-refractivity contribution >= 4 is 35.0 Å². The summed E-state index contributed by atoms with van der Waals surface area (Å²) in [7, 11) is -2.32. The van der Waals surface area contributed by atoms with Crippen molar-refractivity contribution in [2.45, 2.75) is 19.6 Å². The Hall–Kier alpha value is -3.75. The van der Waals surface area contributed by atoms with Crippen molar-refractivity contribution in [3.63, 3.8) is 0 Å². The van der Waals surface area contributed by atoms with Crippen LogP contribution in [0.1, 0.15) is 18.1 Å². The molecule has 0 saturated carbocycles. The Morgan fingerprint density at radius 3 is 1.44 bits per heavy atom. The molecule has 4 aromatic rings. The number of rotatable bonds is 7. The van der Waals surface area contributed by atoms with E-state index in [0.717, 1.165) is 11.7 Å². The first-order valence-corrected chi connectivity index (χ1v) is 13.7. The Morgan fingerprint density at radius 1 is 0.618 bits per heavy atom. The Kier molecular flexibility index (Phi) is 7.51. The SMILES string of the molecule is CC(=N)NC(=N)NCc1ccc(C[PH](c2ccccc2)(c2ccccc2)c2ccccc2)cc1. The molecule has 4 aromatic carbocycles. The third-order valence-corrected chi connectivity index (χ3v) is 11.0. The Balaban J connectivity index is 1.70. The van der Waals surface area contributed by atoms with Gasteiger partial charge in [0.2, 0.25) is 0 Å². The number of benzene rings is 4. The van der Waals surface area contributed by atoms with Gasteiger partial charge >= 0.3 is 202 Å². The van der Waals surface area contributed by atoms with Crippen LogP contribution in [0.2, 0.25) is 0 Å². The maximum atomic E-state index is 7.86. The molecule has 0 aliphatic rings. The first-order valence-electron chi connectivity index (χ1n) is 11.5. The molecule has 172 valence electrons. The van der Waals surface area contributed by atoms with Crippen LogP contribution in [0.4, 0.5) is 0 Å². The summed E-state index contributed by atoms with van der Waals surface area (Å²) in [6.45, 7) is 2.16. The molecule has 0 aromatic heterocycles. The van der Waals surface area contributed by atoms with Gasteiger partial charge in [0.25, 0.3) is 0 Å². The van der Waals surface area contributed by atoms with Crippen LogP contribution >= 0.6 is 7.26 Å². The van der Waals surface area contributed by atoms with Gasteiger partial charge in [-0.15, -0.1) is 0 Å². The molecule has 4 N–H and O–H groups in total. The van der Waals surface area contributed by atoms with Crippen LogP contribution in [-0.4, -0.2) is 11.8 Å². The van der Waals surface area contributed by atoms with Crippen LogP contribution in [-0.2, 0) is 12.7 Å². The van der Waals surface area contributed by atoms with Crippen LogP contribution in [0.25, 0.3) is 0 Å². The fourth-order valence-corrected chi connectivity index (χ4v) is 9.22. The average Bonchev–Trinajstić information content (AvgIpc) is 2.88. The number of hydrogen-bond donors (Lipinski definition) is 4. The van der Waals surface area contributed by atoms with Crippen molar-refractivity contribution < 1.29 is 0 Å². The minimum atomic E-state index is -2.32. The second-order valence-electron chi connectivity index (χ2n) is 8.48. The van der Waals surface area contributed by atoms with Crippen molar-refractivity contribution in [2.24, 2.45) is 0 Å². The van der Waals surface area contributed by atoms with E-state index in [9.17, 15) is 0 Å². The van der Waals surface area contributed by atoms with Crippen molar-refractivity contribution in [1.82, 2.24) is 10.6 Å². The number of guanidine groups is 1. The molecule has 4 nitrogen and oxygen atoms in total. The minimum absolute atomic E-state index is 0.139. The molecule has 0 aliphatic carbocycles. The van der Waals surface area contributed by atoms with Crippen LogP contribution in [0.3, 0.4) is 0 Å². The van der Waals surface area contributed by atoms with Gasteiger partial charge in [-0.2, -0.15) is 0 Å². The van der Waals surface area contributed by atoms with Gasteiger partial charge < -0.3 is 0 Å². The predicted molar refractivity (Wildman–Crippen MR) is 148 cm³/mol. The molecular weight excluding hydrogens is 435 g/mol. The zero-order valence-corrected chi connectivity index (χ0v) is 20.4. The fourth-order valence-electron chi connectivity index (χ4n) is 4.48. The zero-order valence-electron chi connectivity index (χ0n) is 19.4. The van der Waals surface area contributed by atoms with Gasteiger partial charge in [-0.05, 0) is 0 Å². The Bertz CT molecular complexity index is 1130. The standard InChI is InChI=1S/C29H31N4P/c1-23(30)33-29(31)32-21-24-17-19-25(20-18-24)22-34(26-11-5-2-6-12-26,27-13-7-3-8-14-27)28-15-9-4-10-16-28/h2-20,34H,21-22H2,1H3,(H4,30,31,32,33). The summed E-state index contributed by atoms with van der Waals surface area (Å²) in [4.78, 5) is 0. The van der Waals surface area contributed by atoms with E-state index in [1.165, 1.54) is 21.5 Å². The number of hydrogen-bond acceptors (Lipinski definition) is 2. The van der Waals surface area contributed by atoms with E-state index in [1.54, 1.807) is 6.92 Å². The van der Waals surface area contributed by atoms with E-state index in [4.69, 9.17) is 10.8 Å². The van der Waals surface area contributed by atoms with E-state index < -0.39 is 7.26 Å². The summed E-state index contributed by atoms with van der Waals surface area (Å²) in [5.74, 6) is 0.386. The molecule has 0 fully saturated rings. The molecule has 0 heterocycles. The third-order valence-electron chi connectivity index (χ3n) is 6.07. The second kappa shape index (κ2) is 10.9. The zero-order chi connectivity index (χ0) is 23.8. The van der Waals surface area contributed by atoms with Crippen molar-refractivity contribution in [3.8, 4) is 0 Å². The van der Waals surface area contributed by atoms with Crippen molar-refractivity contribution in [1.29, 1.82) is 10.8 Å². The van der Waals surface area contributed by atoms with Crippen LogP contribution in [0.5, 0.6) is 0 Å². The van der Waals surface area contributed by atoms with Gasteiger partial charge in [-0.1, -0.05) is 0 Å². The van der Waals surface area contributed by atoms with E-state index in [-0.39, 0.29) is 11.8 Å². The maximum absolute atomic E-state index is 7.86. The first-order chi connectivity index (χ1) is 16.6. The molecule has 0 bridgehead atoms.